The van der Waals surface area contributed by atoms with E-state index < -0.39 is 0 Å². The fraction of sp³-hybridized carbons (Fsp3) is 0.769. The van der Waals surface area contributed by atoms with E-state index in [-0.39, 0.29) is 12.0 Å². The summed E-state index contributed by atoms with van der Waals surface area (Å²) in [4.78, 5) is 13.7. The van der Waals surface area contributed by atoms with Crippen LogP contribution in [0.1, 0.15) is 26.2 Å². The van der Waals surface area contributed by atoms with Crippen molar-refractivity contribution in [3.05, 3.63) is 12.2 Å². The Kier molecular flexibility index (Phi) is 6.22. The van der Waals surface area contributed by atoms with Gasteiger partial charge in [0.1, 0.15) is 0 Å². The molecule has 1 atom stereocenters. The summed E-state index contributed by atoms with van der Waals surface area (Å²) in [6, 6.07) is 0. The number of rotatable bonds is 6. The Hall–Kier alpha value is -0.870. The molecule has 4 nitrogen and oxygen atoms in total. The topological polar surface area (TPSA) is 38.8 Å². The predicted octanol–water partition coefficient (Wildman–Crippen LogP) is 1.61. The average molecular weight is 241 g/mol. The van der Waals surface area contributed by atoms with Crippen LogP contribution in [-0.2, 0) is 14.3 Å². The molecule has 1 saturated heterocycles. The van der Waals surface area contributed by atoms with E-state index in [0.29, 0.717) is 19.6 Å². The average Bonchev–Trinajstić information content (AvgIpc) is 2.34. The van der Waals surface area contributed by atoms with Crippen molar-refractivity contribution in [2.75, 3.05) is 33.4 Å². The first-order valence-electron chi connectivity index (χ1n) is 6.18. The molecule has 0 aliphatic carbocycles. The molecule has 0 radical (unpaired) electrons. The highest BCUT2D eigenvalue weighted by molar-refractivity contribution is 5.76. The smallest absolute Gasteiger partial charge is 0.224 e. The van der Waals surface area contributed by atoms with E-state index in [2.05, 4.69) is 6.58 Å². The van der Waals surface area contributed by atoms with Crippen molar-refractivity contribution < 1.29 is 14.3 Å². The summed E-state index contributed by atoms with van der Waals surface area (Å²) in [7, 11) is 1.65. The Morgan fingerprint density at radius 3 is 2.71 bits per heavy atom. The molecule has 17 heavy (non-hydrogen) atoms. The van der Waals surface area contributed by atoms with Gasteiger partial charge in [-0.2, -0.15) is 0 Å². The highest BCUT2D eigenvalue weighted by atomic mass is 16.5. The van der Waals surface area contributed by atoms with E-state index in [1.165, 1.54) is 5.57 Å². The van der Waals surface area contributed by atoms with E-state index in [9.17, 15) is 4.79 Å². The van der Waals surface area contributed by atoms with E-state index in [1.807, 2.05) is 11.8 Å². The summed E-state index contributed by atoms with van der Waals surface area (Å²) < 4.78 is 10.4. The van der Waals surface area contributed by atoms with Gasteiger partial charge in [0, 0.05) is 20.2 Å². The number of piperidine rings is 1. The molecule has 0 aromatic heterocycles. The lowest BCUT2D eigenvalue weighted by atomic mass is 10.1. The predicted molar refractivity (Wildman–Crippen MR) is 66.9 cm³/mol. The minimum Gasteiger partial charge on any atom is -0.379 e. The van der Waals surface area contributed by atoms with E-state index >= 15 is 0 Å². The lowest BCUT2D eigenvalue weighted by Crippen LogP contribution is -2.36. The Balaban J connectivity index is 2.10. The molecule has 0 spiro atoms. The summed E-state index contributed by atoms with van der Waals surface area (Å²) in [5.41, 5.74) is 1.25. The van der Waals surface area contributed by atoms with Crippen molar-refractivity contribution in [1.29, 1.82) is 0 Å². The van der Waals surface area contributed by atoms with Crippen LogP contribution in [-0.4, -0.2) is 50.3 Å². The third kappa shape index (κ3) is 5.33. The maximum absolute atomic E-state index is 11.8. The maximum Gasteiger partial charge on any atom is 0.224 e. The quantitative estimate of drug-likeness (QED) is 0.524. The van der Waals surface area contributed by atoms with Crippen LogP contribution in [0.25, 0.3) is 0 Å². The van der Waals surface area contributed by atoms with Crippen LogP contribution in [0.15, 0.2) is 12.2 Å². The molecular formula is C13H23NO3. The van der Waals surface area contributed by atoms with Crippen molar-refractivity contribution in [1.82, 2.24) is 4.90 Å². The summed E-state index contributed by atoms with van der Waals surface area (Å²) in [6.45, 7) is 8.52. The Bertz CT molecular complexity index is 255. The van der Waals surface area contributed by atoms with Crippen molar-refractivity contribution >= 4 is 5.91 Å². The van der Waals surface area contributed by atoms with Crippen LogP contribution in [0.4, 0.5) is 0 Å². The lowest BCUT2D eigenvalue weighted by molar-refractivity contribution is -0.133. The summed E-state index contributed by atoms with van der Waals surface area (Å²) >= 11 is 0. The van der Waals surface area contributed by atoms with Gasteiger partial charge in [-0.15, -0.1) is 0 Å². The molecule has 1 aliphatic heterocycles. The minimum absolute atomic E-state index is 0.0865. The number of methoxy groups -OCH3 is 1. The van der Waals surface area contributed by atoms with Crippen LogP contribution >= 0.6 is 0 Å². The summed E-state index contributed by atoms with van der Waals surface area (Å²) in [5, 5.41) is 0. The second-order valence-corrected chi connectivity index (χ2v) is 4.50. The fourth-order valence-electron chi connectivity index (χ4n) is 1.71. The number of amides is 1. The van der Waals surface area contributed by atoms with Gasteiger partial charge in [-0.3, -0.25) is 4.79 Å². The first-order valence-corrected chi connectivity index (χ1v) is 6.18. The number of likely N-dealkylation sites (tertiary alicyclic amines) is 1. The number of carbonyl (C=O) groups excluding carboxylic acids is 1. The Morgan fingerprint density at radius 2 is 2.12 bits per heavy atom. The zero-order chi connectivity index (χ0) is 12.7. The van der Waals surface area contributed by atoms with E-state index in [0.717, 1.165) is 25.9 Å². The number of ether oxygens (including phenoxy) is 2. The lowest BCUT2D eigenvalue weighted by Gasteiger charge is -2.28. The molecule has 1 heterocycles. The Labute approximate surface area is 104 Å². The van der Waals surface area contributed by atoms with Crippen molar-refractivity contribution in [2.24, 2.45) is 0 Å². The molecule has 1 amide bonds. The van der Waals surface area contributed by atoms with Gasteiger partial charge >= 0.3 is 0 Å². The number of nitrogens with zero attached hydrogens (tertiary/aromatic N) is 1. The van der Waals surface area contributed by atoms with Gasteiger partial charge in [-0.25, -0.2) is 0 Å². The Morgan fingerprint density at radius 1 is 1.47 bits per heavy atom. The van der Waals surface area contributed by atoms with Crippen molar-refractivity contribution in [3.8, 4) is 0 Å². The molecule has 98 valence electrons. The van der Waals surface area contributed by atoms with Gasteiger partial charge in [0.2, 0.25) is 5.91 Å². The third-order valence-corrected chi connectivity index (χ3v) is 3.04. The van der Waals surface area contributed by atoms with Gasteiger partial charge in [0.05, 0.1) is 25.7 Å². The van der Waals surface area contributed by atoms with Gasteiger partial charge < -0.3 is 14.4 Å². The van der Waals surface area contributed by atoms with E-state index in [4.69, 9.17) is 9.47 Å². The van der Waals surface area contributed by atoms with Gasteiger partial charge in [-0.1, -0.05) is 12.2 Å². The van der Waals surface area contributed by atoms with Gasteiger partial charge in [0.25, 0.3) is 0 Å². The van der Waals surface area contributed by atoms with Crippen molar-refractivity contribution in [2.45, 2.75) is 32.3 Å². The maximum atomic E-state index is 11.8. The molecule has 0 aromatic rings. The zero-order valence-electron chi connectivity index (χ0n) is 10.9. The molecular weight excluding hydrogens is 218 g/mol. The van der Waals surface area contributed by atoms with Gasteiger partial charge in [0.15, 0.2) is 0 Å². The van der Waals surface area contributed by atoms with Crippen LogP contribution in [0, 0.1) is 0 Å². The molecule has 0 saturated carbocycles. The molecule has 1 unspecified atom stereocenters. The molecule has 0 bridgehead atoms. The molecule has 0 aromatic carbocycles. The first kappa shape index (κ1) is 14.2. The van der Waals surface area contributed by atoms with E-state index in [1.54, 1.807) is 7.11 Å². The molecule has 1 fully saturated rings. The largest absolute Gasteiger partial charge is 0.379 e. The SMILES string of the molecule is C=C1CCN(C(=O)CCOCC(C)OC)CC1. The number of hydrogen-bond donors (Lipinski definition) is 0. The van der Waals surface area contributed by atoms with Gasteiger partial charge in [-0.05, 0) is 19.8 Å². The molecule has 0 N–H and O–H groups in total. The monoisotopic (exact) mass is 241 g/mol. The second-order valence-electron chi connectivity index (χ2n) is 4.50. The highest BCUT2D eigenvalue weighted by Crippen LogP contribution is 2.14. The first-order chi connectivity index (χ1) is 8.13. The number of hydrogen-bond acceptors (Lipinski definition) is 3. The van der Waals surface area contributed by atoms with Crippen LogP contribution in [0.5, 0.6) is 0 Å². The normalized spacial score (nSPS) is 18.2. The van der Waals surface area contributed by atoms with Crippen LogP contribution < -0.4 is 0 Å². The standard InChI is InChI=1S/C13H23NO3/c1-11-4-7-14(8-5-11)13(15)6-9-17-10-12(2)16-3/h12H,1,4-10H2,2-3H3. The molecule has 4 heteroatoms. The van der Waals surface area contributed by atoms with Crippen LogP contribution in [0.3, 0.4) is 0 Å². The van der Waals surface area contributed by atoms with Crippen LogP contribution in [0.2, 0.25) is 0 Å². The third-order valence-electron chi connectivity index (χ3n) is 3.04. The second kappa shape index (κ2) is 7.45. The molecule has 1 rings (SSSR count). The summed E-state index contributed by atoms with van der Waals surface area (Å²) in [5.74, 6) is 0.183. The number of carbonyl (C=O) groups is 1. The fourth-order valence-corrected chi connectivity index (χ4v) is 1.71. The zero-order valence-corrected chi connectivity index (χ0v) is 10.9. The summed E-state index contributed by atoms with van der Waals surface area (Å²) in [6.07, 6.45) is 2.42. The molecule has 1 aliphatic rings. The minimum atomic E-state index is 0.0865. The highest BCUT2D eigenvalue weighted by Gasteiger charge is 2.17. The van der Waals surface area contributed by atoms with Crippen molar-refractivity contribution in [3.63, 3.8) is 0 Å².